The highest BCUT2D eigenvalue weighted by Gasteiger charge is 2.42. The Balaban J connectivity index is 0.000000745. The van der Waals surface area contributed by atoms with Crippen molar-refractivity contribution >= 4 is 29.7 Å². The fraction of sp³-hybridized carbons (Fsp3) is 0.885. The molecule has 7 N–H and O–H groups in total. The number of hydrogen-bond donors (Lipinski definition) is 7. The van der Waals surface area contributed by atoms with Crippen LogP contribution in [0.1, 0.15) is 51.4 Å². The number of amides is 3. The van der Waals surface area contributed by atoms with Crippen molar-refractivity contribution < 1.29 is 32.7 Å². The Labute approximate surface area is 245 Å². The normalized spacial score (nSPS) is 24.1. The molecule has 0 aliphatic carbocycles. The van der Waals surface area contributed by atoms with Crippen molar-refractivity contribution in [2.75, 3.05) is 71.2 Å². The van der Waals surface area contributed by atoms with Gasteiger partial charge in [-0.05, 0) is 32.2 Å². The summed E-state index contributed by atoms with van der Waals surface area (Å²) >= 11 is 1.94. The van der Waals surface area contributed by atoms with Crippen LogP contribution in [0.4, 0.5) is 18.0 Å². The van der Waals surface area contributed by atoms with E-state index in [4.69, 9.17) is 9.90 Å². The molecule has 41 heavy (non-hydrogen) atoms. The summed E-state index contributed by atoms with van der Waals surface area (Å²) in [7, 11) is 0. The van der Waals surface area contributed by atoms with Crippen molar-refractivity contribution in [1.82, 2.24) is 36.8 Å². The van der Waals surface area contributed by atoms with E-state index in [2.05, 4.69) is 36.8 Å². The number of unbranched alkanes of at least 4 members (excludes halogenated alkanes) is 4. The van der Waals surface area contributed by atoms with Crippen molar-refractivity contribution in [2.45, 2.75) is 74.9 Å². The number of fused-ring (bicyclic) bond motifs is 1. The van der Waals surface area contributed by atoms with Crippen LogP contribution in [0.2, 0.25) is 0 Å². The number of urea groups is 1. The number of alkyl halides is 3. The van der Waals surface area contributed by atoms with Crippen LogP contribution in [-0.2, 0) is 9.59 Å². The fourth-order valence-corrected chi connectivity index (χ4v) is 6.49. The first kappa shape index (κ1) is 35.4. The second-order valence-electron chi connectivity index (χ2n) is 10.5. The second kappa shape index (κ2) is 20.2. The first-order chi connectivity index (χ1) is 19.7. The largest absolute Gasteiger partial charge is 0.490 e. The van der Waals surface area contributed by atoms with E-state index in [1.165, 1.54) is 19.3 Å². The van der Waals surface area contributed by atoms with Crippen LogP contribution in [0.5, 0.6) is 0 Å². The molecule has 3 rings (SSSR count). The number of carboxylic acid groups (broad SMARTS) is 1. The molecule has 11 nitrogen and oxygen atoms in total. The first-order valence-electron chi connectivity index (χ1n) is 14.8. The van der Waals surface area contributed by atoms with Crippen molar-refractivity contribution in [3.63, 3.8) is 0 Å². The monoisotopic (exact) mass is 611 g/mol. The zero-order chi connectivity index (χ0) is 29.9. The van der Waals surface area contributed by atoms with Gasteiger partial charge in [0.2, 0.25) is 5.91 Å². The van der Waals surface area contributed by atoms with Gasteiger partial charge in [0, 0.05) is 76.3 Å². The Morgan fingerprint density at radius 1 is 0.902 bits per heavy atom. The third-order valence-corrected chi connectivity index (χ3v) is 8.72. The smallest absolute Gasteiger partial charge is 0.475 e. The van der Waals surface area contributed by atoms with Crippen LogP contribution in [0.15, 0.2) is 0 Å². The van der Waals surface area contributed by atoms with E-state index in [0.29, 0.717) is 11.7 Å². The van der Waals surface area contributed by atoms with Crippen LogP contribution in [0.3, 0.4) is 0 Å². The van der Waals surface area contributed by atoms with Crippen LogP contribution in [0.25, 0.3) is 0 Å². The van der Waals surface area contributed by atoms with E-state index in [-0.39, 0.29) is 24.0 Å². The van der Waals surface area contributed by atoms with Gasteiger partial charge in [-0.2, -0.15) is 24.9 Å². The summed E-state index contributed by atoms with van der Waals surface area (Å²) in [6.07, 6.45) is 3.27. The summed E-state index contributed by atoms with van der Waals surface area (Å²) in [6, 6.07) is 0.528. The van der Waals surface area contributed by atoms with Gasteiger partial charge in [0.15, 0.2) is 0 Å². The van der Waals surface area contributed by atoms with Gasteiger partial charge in [-0.1, -0.05) is 19.3 Å². The lowest BCUT2D eigenvalue weighted by Gasteiger charge is -2.23. The van der Waals surface area contributed by atoms with Crippen molar-refractivity contribution in [2.24, 2.45) is 0 Å². The van der Waals surface area contributed by atoms with Crippen LogP contribution >= 0.6 is 11.8 Å². The Bertz CT molecular complexity index is 770. The molecule has 0 radical (unpaired) electrons. The maximum absolute atomic E-state index is 12.1. The number of carbonyl (C=O) groups excluding carboxylic acids is 2. The number of hydrogen-bond acceptors (Lipinski definition) is 8. The molecular weight excluding hydrogens is 563 g/mol. The highest BCUT2D eigenvalue weighted by molar-refractivity contribution is 8.00. The first-order valence-corrected chi connectivity index (χ1v) is 15.8. The molecule has 0 aromatic rings. The van der Waals surface area contributed by atoms with E-state index in [1.54, 1.807) is 0 Å². The molecule has 238 valence electrons. The second-order valence-corrected chi connectivity index (χ2v) is 11.8. The summed E-state index contributed by atoms with van der Waals surface area (Å²) in [6.45, 7) is 10.5. The van der Waals surface area contributed by atoms with E-state index in [9.17, 15) is 22.8 Å². The lowest BCUT2D eigenvalue weighted by molar-refractivity contribution is -0.192. The van der Waals surface area contributed by atoms with E-state index in [0.717, 1.165) is 96.9 Å². The predicted molar refractivity (Wildman–Crippen MR) is 154 cm³/mol. The molecule has 0 aromatic heterocycles. The van der Waals surface area contributed by atoms with Crippen molar-refractivity contribution in [3.05, 3.63) is 0 Å². The highest BCUT2D eigenvalue weighted by atomic mass is 32.2. The van der Waals surface area contributed by atoms with Gasteiger partial charge in [0.25, 0.3) is 0 Å². The van der Waals surface area contributed by atoms with Crippen LogP contribution < -0.4 is 31.9 Å². The molecule has 3 saturated heterocycles. The molecule has 15 heteroatoms. The van der Waals surface area contributed by atoms with E-state index < -0.39 is 12.1 Å². The highest BCUT2D eigenvalue weighted by Crippen LogP contribution is 2.33. The minimum absolute atomic E-state index is 0.0268. The molecule has 3 aliphatic heterocycles. The van der Waals surface area contributed by atoms with E-state index in [1.807, 2.05) is 11.8 Å². The maximum atomic E-state index is 12.1. The number of thioether (sulfide) groups is 1. The number of nitrogens with zero attached hydrogens (tertiary/aromatic N) is 1. The molecule has 3 amide bonds. The summed E-state index contributed by atoms with van der Waals surface area (Å²) < 4.78 is 31.7. The summed E-state index contributed by atoms with van der Waals surface area (Å²) in [5.74, 6) is -1.58. The molecule has 0 bridgehead atoms. The molecule has 0 aromatic carbocycles. The maximum Gasteiger partial charge on any atom is 0.490 e. The number of aliphatic carboxylic acids is 1. The number of rotatable bonds is 12. The van der Waals surface area contributed by atoms with Crippen LogP contribution in [-0.4, -0.2) is 123 Å². The number of carbonyl (C=O) groups is 3. The number of halogens is 3. The Hall–Kier alpha value is -1.81. The van der Waals surface area contributed by atoms with Crippen molar-refractivity contribution in [1.29, 1.82) is 0 Å². The third-order valence-electron chi connectivity index (χ3n) is 7.21. The quantitative estimate of drug-likeness (QED) is 0.127. The van der Waals surface area contributed by atoms with Gasteiger partial charge in [-0.3, -0.25) is 4.79 Å². The van der Waals surface area contributed by atoms with Gasteiger partial charge < -0.3 is 41.9 Å². The molecule has 3 fully saturated rings. The van der Waals surface area contributed by atoms with Gasteiger partial charge in [-0.15, -0.1) is 0 Å². The summed E-state index contributed by atoms with van der Waals surface area (Å²) in [4.78, 5) is 35.0. The molecule has 0 unspecified atom stereocenters. The fourth-order valence-electron chi connectivity index (χ4n) is 4.94. The van der Waals surface area contributed by atoms with Crippen LogP contribution in [0, 0.1) is 0 Å². The molecule has 3 aliphatic rings. The Morgan fingerprint density at radius 2 is 1.51 bits per heavy atom. The molecular formula is C26H48F3N7O4S. The van der Waals surface area contributed by atoms with Crippen molar-refractivity contribution in [3.8, 4) is 0 Å². The number of nitrogens with one attached hydrogen (secondary N) is 6. The topological polar surface area (TPSA) is 147 Å². The minimum atomic E-state index is -5.08. The Kier molecular flexibility index (Phi) is 17.4. The zero-order valence-electron chi connectivity index (χ0n) is 23.8. The molecule has 3 atom stereocenters. The zero-order valence-corrected chi connectivity index (χ0v) is 24.6. The Morgan fingerprint density at radius 3 is 2.15 bits per heavy atom. The SMILES string of the molecule is O=C(CCCC[C@@H]1SC[C@@H]2NC(=O)N[C@@H]21)NCCCCCCN1CCNCCNCCNCC1.O=C(O)C(F)(F)F. The lowest BCUT2D eigenvalue weighted by atomic mass is 10.0. The van der Waals surface area contributed by atoms with Gasteiger partial charge in [0.1, 0.15) is 0 Å². The molecule has 0 spiro atoms. The number of carboxylic acids is 1. The summed E-state index contributed by atoms with van der Waals surface area (Å²) in [5, 5.41) is 27.2. The average molecular weight is 612 g/mol. The van der Waals surface area contributed by atoms with Gasteiger partial charge in [-0.25, -0.2) is 9.59 Å². The minimum Gasteiger partial charge on any atom is -0.475 e. The third kappa shape index (κ3) is 15.8. The standard InChI is InChI=1S/C24H47N7O2S.C2HF3O2/c32-22(8-4-3-7-21-23-20(19-34-21)29-24(33)30-23)28-9-5-1-2-6-16-31-17-14-26-12-10-25-11-13-27-15-18-31;3-2(4,5)1(6)7/h20-21,23,25-27H,1-19H2,(H,28,32)(H2,29,30,33);(H,6,7)/t20-,21-,23-;/m0./s1. The molecule has 3 heterocycles. The summed E-state index contributed by atoms with van der Waals surface area (Å²) in [5.41, 5.74) is 0. The lowest BCUT2D eigenvalue weighted by Crippen LogP contribution is -2.42. The molecule has 0 saturated carbocycles. The predicted octanol–water partition coefficient (Wildman–Crippen LogP) is 1.11. The van der Waals surface area contributed by atoms with Gasteiger partial charge in [0.05, 0.1) is 12.1 Å². The average Bonchev–Trinajstić information content (AvgIpc) is 3.46. The van der Waals surface area contributed by atoms with Gasteiger partial charge >= 0.3 is 18.2 Å². The van der Waals surface area contributed by atoms with E-state index >= 15 is 0 Å².